The minimum Gasteiger partial charge on any atom is -0.449 e. The molecule has 0 aromatic heterocycles. The van der Waals surface area contributed by atoms with Gasteiger partial charge in [0.1, 0.15) is 0 Å². The summed E-state index contributed by atoms with van der Waals surface area (Å²) in [6.07, 6.45) is 6.64. The molecule has 0 fully saturated rings. The van der Waals surface area contributed by atoms with Crippen molar-refractivity contribution in [3.63, 3.8) is 0 Å². The van der Waals surface area contributed by atoms with Crippen molar-refractivity contribution in [2.45, 2.75) is 18.3 Å². The van der Waals surface area contributed by atoms with Crippen molar-refractivity contribution in [2.75, 3.05) is 4.90 Å². The fraction of sp³-hybridized carbons (Fsp3) is 0.0566. The quantitative estimate of drug-likeness (QED) is 0.181. The molecule has 0 radical (unpaired) electrons. The highest BCUT2D eigenvalue weighted by Crippen LogP contribution is 2.67. The number of anilines is 3. The second-order valence-electron chi connectivity index (χ2n) is 15.0. The molecular formula is C53H35NO2. The molecule has 0 unspecified atom stereocenters. The van der Waals surface area contributed by atoms with Crippen molar-refractivity contribution >= 4 is 33.4 Å². The molecule has 0 atom stereocenters. The van der Waals surface area contributed by atoms with Crippen molar-refractivity contribution in [2.24, 2.45) is 0 Å². The van der Waals surface area contributed by atoms with Gasteiger partial charge in [-0.3, -0.25) is 0 Å². The highest BCUT2D eigenvalue weighted by Gasteiger charge is 2.54. The van der Waals surface area contributed by atoms with Crippen molar-refractivity contribution in [1.29, 1.82) is 0 Å². The van der Waals surface area contributed by atoms with E-state index < -0.39 is 0 Å². The van der Waals surface area contributed by atoms with Crippen LogP contribution in [0.2, 0.25) is 0 Å². The predicted molar refractivity (Wildman–Crippen MR) is 228 cm³/mol. The molecule has 3 nitrogen and oxygen atoms in total. The number of hydrogen-bond donors (Lipinski definition) is 0. The molecule has 8 aromatic rings. The number of fused-ring (bicyclic) bond motifs is 13. The summed E-state index contributed by atoms with van der Waals surface area (Å²) in [5, 5.41) is 2.37. The van der Waals surface area contributed by atoms with E-state index >= 15 is 0 Å². The molecule has 0 bridgehead atoms. The van der Waals surface area contributed by atoms with Crippen LogP contribution in [0.25, 0.3) is 38.6 Å². The summed E-state index contributed by atoms with van der Waals surface area (Å²) in [5.74, 6) is 2.89. The second kappa shape index (κ2) is 11.9. The Balaban J connectivity index is 1.06. The van der Waals surface area contributed by atoms with Crippen molar-refractivity contribution in [3.05, 3.63) is 216 Å². The van der Waals surface area contributed by atoms with Gasteiger partial charge in [-0.1, -0.05) is 152 Å². The van der Waals surface area contributed by atoms with Crippen molar-refractivity contribution in [3.8, 4) is 45.3 Å². The Labute approximate surface area is 326 Å². The smallest absolute Gasteiger partial charge is 0.194 e. The number of ether oxygens (including phenoxy) is 2. The fourth-order valence-electron chi connectivity index (χ4n) is 9.96. The molecular weight excluding hydrogens is 683 g/mol. The highest BCUT2D eigenvalue weighted by atomic mass is 16.6. The molecule has 1 spiro atoms. The first-order chi connectivity index (χ1) is 27.8. The maximum atomic E-state index is 7.18. The first-order valence-corrected chi connectivity index (χ1v) is 19.5. The summed E-state index contributed by atoms with van der Waals surface area (Å²) in [5.41, 5.74) is 15.3. The molecule has 264 valence electrons. The third-order valence-electron chi connectivity index (χ3n) is 12.2. The zero-order valence-corrected chi connectivity index (χ0v) is 30.6. The molecule has 0 amide bonds. The second-order valence-corrected chi connectivity index (χ2v) is 15.0. The molecule has 12 rings (SSSR count). The van der Waals surface area contributed by atoms with E-state index in [9.17, 15) is 0 Å². The molecule has 3 heteroatoms. The minimum atomic E-state index is -0.378. The average molecular weight is 718 g/mol. The summed E-state index contributed by atoms with van der Waals surface area (Å²) in [4.78, 5) is 2.32. The molecule has 1 heterocycles. The molecule has 0 saturated carbocycles. The van der Waals surface area contributed by atoms with Gasteiger partial charge in [0.25, 0.3) is 0 Å². The summed E-state index contributed by atoms with van der Waals surface area (Å²) in [7, 11) is 0. The number of para-hydroxylation sites is 2. The van der Waals surface area contributed by atoms with Crippen LogP contribution in [0.15, 0.2) is 194 Å². The lowest BCUT2D eigenvalue weighted by Crippen LogP contribution is -2.27. The lowest BCUT2D eigenvalue weighted by atomic mass is 9.68. The Morgan fingerprint density at radius 2 is 1.14 bits per heavy atom. The number of nitrogens with zero attached hydrogens (tertiary/aromatic N) is 1. The Morgan fingerprint density at radius 1 is 0.482 bits per heavy atom. The third kappa shape index (κ3) is 4.28. The van der Waals surface area contributed by atoms with E-state index in [-0.39, 0.29) is 5.41 Å². The monoisotopic (exact) mass is 717 g/mol. The van der Waals surface area contributed by atoms with Gasteiger partial charge >= 0.3 is 0 Å². The first-order valence-electron chi connectivity index (χ1n) is 19.5. The van der Waals surface area contributed by atoms with Crippen LogP contribution < -0.4 is 14.4 Å². The van der Waals surface area contributed by atoms with E-state index in [1.165, 1.54) is 49.7 Å². The highest BCUT2D eigenvalue weighted by molar-refractivity contribution is 6.00. The Hall–Kier alpha value is -7.10. The summed E-state index contributed by atoms with van der Waals surface area (Å²) >= 11 is 0. The van der Waals surface area contributed by atoms with E-state index in [0.29, 0.717) is 11.5 Å². The van der Waals surface area contributed by atoms with Crippen LogP contribution in [-0.4, -0.2) is 0 Å². The van der Waals surface area contributed by atoms with Crippen LogP contribution in [-0.2, 0) is 5.41 Å². The molecule has 3 aliphatic carbocycles. The number of allylic oxidation sites excluding steroid dienone is 4. The van der Waals surface area contributed by atoms with Crippen LogP contribution >= 0.6 is 0 Å². The van der Waals surface area contributed by atoms with Gasteiger partial charge < -0.3 is 14.4 Å². The van der Waals surface area contributed by atoms with Gasteiger partial charge in [-0.25, -0.2) is 0 Å². The minimum absolute atomic E-state index is 0.378. The average Bonchev–Trinajstić information content (AvgIpc) is 3.74. The molecule has 0 N–H and O–H groups in total. The van der Waals surface area contributed by atoms with Crippen LogP contribution in [0.5, 0.6) is 23.0 Å². The van der Waals surface area contributed by atoms with Crippen molar-refractivity contribution in [1.82, 2.24) is 0 Å². The molecule has 4 aliphatic rings. The van der Waals surface area contributed by atoms with Gasteiger partial charge in [0.05, 0.1) is 16.8 Å². The van der Waals surface area contributed by atoms with Gasteiger partial charge in [-0.05, 0) is 105 Å². The van der Waals surface area contributed by atoms with E-state index in [4.69, 9.17) is 9.47 Å². The number of benzene rings is 8. The van der Waals surface area contributed by atoms with E-state index in [0.717, 1.165) is 58.1 Å². The van der Waals surface area contributed by atoms with Crippen LogP contribution in [0.1, 0.15) is 35.1 Å². The van der Waals surface area contributed by atoms with Gasteiger partial charge in [-0.15, -0.1) is 0 Å². The number of hydrogen-bond acceptors (Lipinski definition) is 3. The molecule has 1 aliphatic heterocycles. The zero-order chi connectivity index (χ0) is 36.8. The van der Waals surface area contributed by atoms with E-state index in [1.54, 1.807) is 0 Å². The lowest BCUT2D eigenvalue weighted by molar-refractivity contribution is 0.359. The summed E-state index contributed by atoms with van der Waals surface area (Å²) < 4.78 is 14.3. The SMILES string of the molecule is C1=CC2=C(CC1)C1(c3ccccc3-c3ccccc31)c1ccc3c(c12)Oc1cccc(N(c2ccc4ccccc4c2)c2ccccc2-c2ccccc2)c1O3. The normalized spacial score (nSPS) is 14.9. The van der Waals surface area contributed by atoms with Crippen LogP contribution in [0.4, 0.5) is 17.1 Å². The molecule has 8 aromatic carbocycles. The van der Waals surface area contributed by atoms with Gasteiger partial charge in [0, 0.05) is 16.8 Å². The Bertz CT molecular complexity index is 2950. The number of rotatable bonds is 4. The first kappa shape index (κ1) is 31.3. The zero-order valence-electron chi connectivity index (χ0n) is 30.6. The lowest BCUT2D eigenvalue weighted by Gasteiger charge is -2.34. The third-order valence-corrected chi connectivity index (χ3v) is 12.2. The van der Waals surface area contributed by atoms with Gasteiger partial charge in [0.2, 0.25) is 0 Å². The van der Waals surface area contributed by atoms with Crippen LogP contribution in [0, 0.1) is 0 Å². The van der Waals surface area contributed by atoms with Gasteiger partial charge in [0.15, 0.2) is 23.0 Å². The maximum absolute atomic E-state index is 7.18. The maximum Gasteiger partial charge on any atom is 0.194 e. The molecule has 56 heavy (non-hydrogen) atoms. The van der Waals surface area contributed by atoms with Gasteiger partial charge in [-0.2, -0.15) is 0 Å². The summed E-state index contributed by atoms with van der Waals surface area (Å²) in [6, 6.07) is 63.1. The Morgan fingerprint density at radius 3 is 1.96 bits per heavy atom. The van der Waals surface area contributed by atoms with Crippen LogP contribution in [0.3, 0.4) is 0 Å². The largest absolute Gasteiger partial charge is 0.449 e. The predicted octanol–water partition coefficient (Wildman–Crippen LogP) is 14.3. The van der Waals surface area contributed by atoms with E-state index in [1.807, 2.05) is 6.07 Å². The topological polar surface area (TPSA) is 21.7 Å². The van der Waals surface area contributed by atoms with Crippen molar-refractivity contribution < 1.29 is 9.47 Å². The standard InChI is InChI=1S/C53H35NO2/c1-2-16-35(17-3-1)38-19-9-13-26-46(38)54(37-30-29-34-15-4-5-18-36(34)33-37)47-27-14-28-48-51(47)55-49-32-31-45-50(52(49)56-48)41-22-8-12-25-44(41)53(45)42-23-10-6-20-39(42)40-21-7-11-24-43(40)53/h1-11,13-24,26-33H,12,25H2. The molecule has 0 saturated heterocycles. The fourth-order valence-corrected chi connectivity index (χ4v) is 9.96. The van der Waals surface area contributed by atoms with E-state index in [2.05, 4.69) is 187 Å². The Kier molecular flexibility index (Phi) is 6.67. The summed E-state index contributed by atoms with van der Waals surface area (Å²) in [6.45, 7) is 0.